The molecule has 10 heteroatoms. The summed E-state index contributed by atoms with van der Waals surface area (Å²) in [5.41, 5.74) is 1.85. The topological polar surface area (TPSA) is 86.8 Å². The van der Waals surface area contributed by atoms with Gasteiger partial charge in [-0.2, -0.15) is 0 Å². The maximum atomic E-state index is 14.0. The summed E-state index contributed by atoms with van der Waals surface area (Å²) in [7, 11) is -4.26. The van der Waals surface area contributed by atoms with Crippen molar-refractivity contribution in [2.24, 2.45) is 0 Å². The number of benzene rings is 3. The van der Waals surface area contributed by atoms with Crippen molar-refractivity contribution in [1.29, 1.82) is 0 Å². The Morgan fingerprint density at radius 3 is 2.20 bits per heavy atom. The van der Waals surface area contributed by atoms with E-state index >= 15 is 0 Å². The van der Waals surface area contributed by atoms with Crippen molar-refractivity contribution < 1.29 is 22.4 Å². The van der Waals surface area contributed by atoms with Crippen LogP contribution >= 0.6 is 11.6 Å². The third-order valence-corrected chi connectivity index (χ3v) is 8.74. The molecule has 0 aliphatic heterocycles. The van der Waals surface area contributed by atoms with Gasteiger partial charge in [0.1, 0.15) is 18.4 Å². The Hall–Kier alpha value is -3.43. The van der Waals surface area contributed by atoms with Crippen LogP contribution in [0.5, 0.6) is 0 Å². The number of anilines is 1. The first kappa shape index (κ1) is 31.1. The molecule has 0 unspecified atom stereocenters. The average Bonchev–Trinajstić information content (AvgIpc) is 2.94. The van der Waals surface area contributed by atoms with Gasteiger partial charge in [-0.15, -0.1) is 0 Å². The summed E-state index contributed by atoms with van der Waals surface area (Å²) >= 11 is 6.01. The largest absolute Gasteiger partial charge is 0.352 e. The minimum Gasteiger partial charge on any atom is -0.352 e. The standard InChI is InChI=1S/C30H35ClFN3O4S/c1-5-22(4)33-30(37)28(6-2)34(19-23-14-12-21(3)13-15-23)29(36)20-35(24-16-17-27(32)26(31)18-24)40(38,39)25-10-8-7-9-11-25/h7-18,22,28H,5-6,19-20H2,1-4H3,(H,33,37)/t22-,28-/m0/s1. The number of hydrogen-bond acceptors (Lipinski definition) is 4. The van der Waals surface area contributed by atoms with Gasteiger partial charge in [-0.25, -0.2) is 12.8 Å². The lowest BCUT2D eigenvalue weighted by Gasteiger charge is -2.33. The van der Waals surface area contributed by atoms with Gasteiger partial charge in [0, 0.05) is 12.6 Å². The molecule has 214 valence electrons. The summed E-state index contributed by atoms with van der Waals surface area (Å²) in [5, 5.41) is 2.66. The monoisotopic (exact) mass is 587 g/mol. The average molecular weight is 588 g/mol. The van der Waals surface area contributed by atoms with Crippen LogP contribution in [0.15, 0.2) is 77.7 Å². The number of halogens is 2. The van der Waals surface area contributed by atoms with Gasteiger partial charge < -0.3 is 10.2 Å². The molecule has 0 fully saturated rings. The van der Waals surface area contributed by atoms with Gasteiger partial charge >= 0.3 is 0 Å². The number of rotatable bonds is 12. The van der Waals surface area contributed by atoms with Crippen LogP contribution < -0.4 is 9.62 Å². The van der Waals surface area contributed by atoms with Gasteiger partial charge in [-0.05, 0) is 62.6 Å². The van der Waals surface area contributed by atoms with Gasteiger partial charge in [0.2, 0.25) is 11.8 Å². The molecule has 40 heavy (non-hydrogen) atoms. The summed E-state index contributed by atoms with van der Waals surface area (Å²) in [5.74, 6) is -1.63. The second kappa shape index (κ2) is 13.8. The highest BCUT2D eigenvalue weighted by Crippen LogP contribution is 2.28. The zero-order chi connectivity index (χ0) is 29.4. The van der Waals surface area contributed by atoms with E-state index in [1.165, 1.54) is 29.2 Å². The number of sulfonamides is 1. The summed E-state index contributed by atoms with van der Waals surface area (Å²) in [6.45, 7) is 7.04. The van der Waals surface area contributed by atoms with Crippen molar-refractivity contribution in [1.82, 2.24) is 10.2 Å². The number of amides is 2. The third-order valence-electron chi connectivity index (χ3n) is 6.66. The van der Waals surface area contributed by atoms with Crippen molar-refractivity contribution in [3.05, 3.63) is 94.8 Å². The van der Waals surface area contributed by atoms with Gasteiger partial charge in [-0.1, -0.05) is 73.5 Å². The molecular weight excluding hydrogens is 553 g/mol. The van der Waals surface area contributed by atoms with E-state index in [1.54, 1.807) is 25.1 Å². The Kier molecular flexibility index (Phi) is 10.7. The molecule has 0 bridgehead atoms. The van der Waals surface area contributed by atoms with Crippen LogP contribution in [0, 0.1) is 12.7 Å². The Labute approximate surface area is 241 Å². The van der Waals surface area contributed by atoms with E-state index in [1.807, 2.05) is 45.0 Å². The SMILES string of the molecule is CC[C@H](C)NC(=O)[C@H](CC)N(Cc1ccc(C)cc1)C(=O)CN(c1ccc(F)c(Cl)c1)S(=O)(=O)c1ccccc1. The molecule has 1 N–H and O–H groups in total. The van der Waals surface area contributed by atoms with Crippen LogP contribution in [0.1, 0.15) is 44.7 Å². The van der Waals surface area contributed by atoms with Crippen molar-refractivity contribution in [2.45, 2.75) is 64.1 Å². The quantitative estimate of drug-likeness (QED) is 0.294. The number of nitrogens with one attached hydrogen (secondary N) is 1. The Morgan fingerprint density at radius 1 is 0.975 bits per heavy atom. The van der Waals surface area contributed by atoms with Crippen molar-refractivity contribution in [3.8, 4) is 0 Å². The van der Waals surface area contributed by atoms with Crippen LogP contribution in [-0.4, -0.2) is 43.8 Å². The molecule has 0 aliphatic carbocycles. The van der Waals surface area contributed by atoms with Crippen molar-refractivity contribution >= 4 is 39.1 Å². The van der Waals surface area contributed by atoms with E-state index < -0.39 is 34.3 Å². The zero-order valence-corrected chi connectivity index (χ0v) is 24.7. The Morgan fingerprint density at radius 2 is 1.62 bits per heavy atom. The molecule has 3 aromatic carbocycles. The minimum atomic E-state index is -4.26. The van der Waals surface area contributed by atoms with Gasteiger partial charge in [0.05, 0.1) is 15.6 Å². The van der Waals surface area contributed by atoms with Gasteiger partial charge in [0.25, 0.3) is 10.0 Å². The highest BCUT2D eigenvalue weighted by molar-refractivity contribution is 7.92. The fraction of sp³-hybridized carbons (Fsp3) is 0.333. The molecule has 3 aromatic rings. The van der Waals surface area contributed by atoms with E-state index in [0.29, 0.717) is 12.8 Å². The summed E-state index contributed by atoms with van der Waals surface area (Å²) in [6, 6.07) is 17.7. The van der Waals surface area contributed by atoms with Gasteiger partial charge in [-0.3, -0.25) is 13.9 Å². The number of nitrogens with zero attached hydrogens (tertiary/aromatic N) is 2. The van der Waals surface area contributed by atoms with E-state index in [9.17, 15) is 22.4 Å². The van der Waals surface area contributed by atoms with Crippen LogP contribution in [0.2, 0.25) is 5.02 Å². The van der Waals surface area contributed by atoms with Crippen molar-refractivity contribution in [3.63, 3.8) is 0 Å². The third kappa shape index (κ3) is 7.61. The number of hydrogen-bond donors (Lipinski definition) is 1. The van der Waals surface area contributed by atoms with Crippen LogP contribution in [0.25, 0.3) is 0 Å². The molecule has 0 saturated carbocycles. The summed E-state index contributed by atoms with van der Waals surface area (Å²) < 4.78 is 42.5. The maximum absolute atomic E-state index is 14.0. The fourth-order valence-electron chi connectivity index (χ4n) is 4.14. The van der Waals surface area contributed by atoms with E-state index in [2.05, 4.69) is 5.32 Å². The maximum Gasteiger partial charge on any atom is 0.264 e. The van der Waals surface area contributed by atoms with Crippen molar-refractivity contribution in [2.75, 3.05) is 10.8 Å². The van der Waals surface area contributed by atoms with Crippen LogP contribution in [0.3, 0.4) is 0 Å². The van der Waals surface area contributed by atoms with Gasteiger partial charge in [0.15, 0.2) is 0 Å². The first-order valence-corrected chi connectivity index (χ1v) is 15.0. The summed E-state index contributed by atoms with van der Waals surface area (Å²) in [6.07, 6.45) is 1.02. The second-order valence-electron chi connectivity index (χ2n) is 9.67. The van der Waals surface area contributed by atoms with Crippen LogP contribution in [-0.2, 0) is 26.2 Å². The number of carbonyl (C=O) groups is 2. The zero-order valence-electron chi connectivity index (χ0n) is 23.1. The molecule has 0 heterocycles. The predicted molar refractivity (Wildman–Crippen MR) is 156 cm³/mol. The normalized spacial score (nSPS) is 12.8. The Balaban J connectivity index is 2.06. The summed E-state index contributed by atoms with van der Waals surface area (Å²) in [4.78, 5) is 28.7. The lowest BCUT2D eigenvalue weighted by atomic mass is 10.1. The molecule has 0 aliphatic rings. The highest BCUT2D eigenvalue weighted by atomic mass is 35.5. The molecular formula is C30H35ClFN3O4S. The smallest absolute Gasteiger partial charge is 0.264 e. The molecule has 2 atom stereocenters. The van der Waals surface area contributed by atoms with E-state index in [4.69, 9.17) is 11.6 Å². The number of carbonyl (C=O) groups excluding carboxylic acids is 2. The highest BCUT2D eigenvalue weighted by Gasteiger charge is 2.34. The minimum absolute atomic E-state index is 0.0241. The first-order chi connectivity index (χ1) is 19.0. The molecule has 0 radical (unpaired) electrons. The fourth-order valence-corrected chi connectivity index (χ4v) is 5.74. The number of aryl methyl sites for hydroxylation is 1. The molecule has 0 saturated heterocycles. The lowest BCUT2D eigenvalue weighted by molar-refractivity contribution is -0.140. The first-order valence-electron chi connectivity index (χ1n) is 13.2. The molecule has 0 aromatic heterocycles. The molecule has 0 spiro atoms. The van der Waals surface area contributed by atoms with E-state index in [-0.39, 0.29) is 34.1 Å². The second-order valence-corrected chi connectivity index (χ2v) is 11.9. The predicted octanol–water partition coefficient (Wildman–Crippen LogP) is 5.70. The molecule has 2 amide bonds. The van der Waals surface area contributed by atoms with E-state index in [0.717, 1.165) is 21.5 Å². The Bertz CT molecular complexity index is 1420. The molecule has 3 rings (SSSR count). The van der Waals surface area contributed by atoms with Crippen LogP contribution in [0.4, 0.5) is 10.1 Å². The lowest BCUT2D eigenvalue weighted by Crippen LogP contribution is -2.53. The molecule has 7 nitrogen and oxygen atoms in total.